The van der Waals surface area contributed by atoms with E-state index < -0.39 is 0 Å². The molecule has 4 nitrogen and oxygen atoms in total. The van der Waals surface area contributed by atoms with Crippen LogP contribution in [0.2, 0.25) is 0 Å². The van der Waals surface area contributed by atoms with Gasteiger partial charge in [0.15, 0.2) is 0 Å². The number of amides is 1. The standard InChI is InChI=1S/C16H22N2O2S/c1-16(2,3)14(6-7-19)18-15(20)13-9-10-8-11(17)4-5-12(10)21-13/h4-5,8-9,14,19H,6-7,17H2,1-3H3,(H,18,20). The number of hydrogen-bond acceptors (Lipinski definition) is 4. The molecule has 21 heavy (non-hydrogen) atoms. The van der Waals surface area contributed by atoms with Gasteiger partial charge in [0.1, 0.15) is 0 Å². The minimum atomic E-state index is -0.0977. The van der Waals surface area contributed by atoms with Crippen LogP contribution in [0.5, 0.6) is 0 Å². The fourth-order valence-corrected chi connectivity index (χ4v) is 3.20. The first kappa shape index (κ1) is 15.8. The Bertz CT molecular complexity index is 643. The number of thiophene rings is 1. The van der Waals surface area contributed by atoms with Crippen LogP contribution in [-0.2, 0) is 0 Å². The molecule has 0 aliphatic rings. The second-order valence-corrected chi connectivity index (χ2v) is 7.40. The SMILES string of the molecule is CC(C)(C)C(CCO)NC(=O)c1cc2cc(N)ccc2s1. The fourth-order valence-electron chi connectivity index (χ4n) is 2.25. The van der Waals surface area contributed by atoms with Gasteiger partial charge in [0.05, 0.1) is 4.88 Å². The average Bonchev–Trinajstić information content (AvgIpc) is 2.80. The lowest BCUT2D eigenvalue weighted by Gasteiger charge is -2.30. The molecular weight excluding hydrogens is 284 g/mol. The highest BCUT2D eigenvalue weighted by Crippen LogP contribution is 2.28. The van der Waals surface area contributed by atoms with Crippen molar-refractivity contribution in [1.82, 2.24) is 5.32 Å². The highest BCUT2D eigenvalue weighted by molar-refractivity contribution is 7.20. The molecule has 2 rings (SSSR count). The van der Waals surface area contributed by atoms with E-state index in [-0.39, 0.29) is 24.0 Å². The van der Waals surface area contributed by atoms with Gasteiger partial charge in [-0.15, -0.1) is 11.3 Å². The molecular formula is C16H22N2O2S. The van der Waals surface area contributed by atoms with Crippen molar-refractivity contribution in [3.63, 3.8) is 0 Å². The minimum absolute atomic E-state index is 0.0607. The van der Waals surface area contributed by atoms with E-state index in [4.69, 9.17) is 10.8 Å². The Kier molecular flexibility index (Phi) is 4.54. The smallest absolute Gasteiger partial charge is 0.261 e. The molecule has 1 aromatic heterocycles. The number of nitrogen functional groups attached to an aromatic ring is 1. The predicted molar refractivity (Wildman–Crippen MR) is 88.6 cm³/mol. The van der Waals surface area contributed by atoms with Gasteiger partial charge in [-0.3, -0.25) is 4.79 Å². The average molecular weight is 306 g/mol. The first-order chi connectivity index (χ1) is 9.81. The van der Waals surface area contributed by atoms with Crippen LogP contribution in [0, 0.1) is 5.41 Å². The largest absolute Gasteiger partial charge is 0.399 e. The van der Waals surface area contributed by atoms with Crippen LogP contribution in [0.1, 0.15) is 36.9 Å². The van der Waals surface area contributed by atoms with Crippen LogP contribution in [0.3, 0.4) is 0 Å². The van der Waals surface area contributed by atoms with Crippen LogP contribution < -0.4 is 11.1 Å². The molecule has 0 fully saturated rings. The van der Waals surface area contributed by atoms with Gasteiger partial charge in [-0.25, -0.2) is 0 Å². The molecule has 0 aliphatic carbocycles. The molecule has 0 saturated heterocycles. The number of carbonyl (C=O) groups is 1. The number of rotatable bonds is 4. The van der Waals surface area contributed by atoms with Crippen molar-refractivity contribution in [2.75, 3.05) is 12.3 Å². The summed E-state index contributed by atoms with van der Waals surface area (Å²) in [4.78, 5) is 13.1. The van der Waals surface area contributed by atoms with Gasteiger partial charge in [0.2, 0.25) is 0 Å². The van der Waals surface area contributed by atoms with Crippen molar-refractivity contribution in [2.24, 2.45) is 5.41 Å². The summed E-state index contributed by atoms with van der Waals surface area (Å²) in [7, 11) is 0. The first-order valence-electron chi connectivity index (χ1n) is 7.02. The Labute approximate surface area is 129 Å². The number of nitrogens with one attached hydrogen (secondary N) is 1. The van der Waals surface area contributed by atoms with Crippen molar-refractivity contribution in [2.45, 2.75) is 33.2 Å². The van der Waals surface area contributed by atoms with Crippen molar-refractivity contribution >= 4 is 33.0 Å². The maximum atomic E-state index is 12.4. The maximum Gasteiger partial charge on any atom is 0.261 e. The molecule has 0 bridgehead atoms. The Hall–Kier alpha value is -1.59. The zero-order chi connectivity index (χ0) is 15.6. The zero-order valence-electron chi connectivity index (χ0n) is 12.6. The van der Waals surface area contributed by atoms with Crippen LogP contribution in [0.15, 0.2) is 24.3 Å². The van der Waals surface area contributed by atoms with E-state index in [1.807, 2.05) is 24.3 Å². The van der Waals surface area contributed by atoms with Crippen LogP contribution in [-0.4, -0.2) is 23.7 Å². The quantitative estimate of drug-likeness (QED) is 0.760. The predicted octanol–water partition coefficient (Wildman–Crippen LogP) is 3.01. The molecule has 0 saturated carbocycles. The van der Waals surface area contributed by atoms with Crippen molar-refractivity contribution in [3.05, 3.63) is 29.1 Å². The number of nitrogens with two attached hydrogens (primary N) is 1. The van der Waals surface area contributed by atoms with Gasteiger partial charge < -0.3 is 16.2 Å². The number of fused-ring (bicyclic) bond motifs is 1. The molecule has 1 amide bonds. The zero-order valence-corrected chi connectivity index (χ0v) is 13.5. The van der Waals surface area contributed by atoms with E-state index in [9.17, 15) is 4.79 Å². The third kappa shape index (κ3) is 3.74. The van der Waals surface area contributed by atoms with Crippen LogP contribution >= 0.6 is 11.3 Å². The van der Waals surface area contributed by atoms with Crippen molar-refractivity contribution in [1.29, 1.82) is 0 Å². The maximum absolute atomic E-state index is 12.4. The Morgan fingerprint density at radius 2 is 2.10 bits per heavy atom. The normalized spacial score (nSPS) is 13.3. The number of benzene rings is 1. The molecule has 0 aliphatic heterocycles. The van der Waals surface area contributed by atoms with Gasteiger partial charge in [-0.05, 0) is 41.5 Å². The van der Waals surface area contributed by atoms with E-state index in [2.05, 4.69) is 26.1 Å². The number of anilines is 1. The van der Waals surface area contributed by atoms with Crippen LogP contribution in [0.25, 0.3) is 10.1 Å². The molecule has 1 atom stereocenters. The third-order valence-electron chi connectivity index (χ3n) is 3.53. The third-order valence-corrected chi connectivity index (χ3v) is 4.65. The van der Waals surface area contributed by atoms with Gasteiger partial charge >= 0.3 is 0 Å². The summed E-state index contributed by atoms with van der Waals surface area (Å²) in [5.41, 5.74) is 6.36. The summed E-state index contributed by atoms with van der Waals surface area (Å²) < 4.78 is 1.05. The second kappa shape index (κ2) is 6.03. The van der Waals surface area contributed by atoms with E-state index in [1.54, 1.807) is 0 Å². The molecule has 2 aromatic rings. The number of carbonyl (C=O) groups excluding carboxylic acids is 1. The first-order valence-corrected chi connectivity index (χ1v) is 7.83. The fraction of sp³-hybridized carbons (Fsp3) is 0.438. The molecule has 4 N–H and O–H groups in total. The summed E-state index contributed by atoms with van der Waals surface area (Å²) >= 11 is 1.45. The lowest BCUT2D eigenvalue weighted by molar-refractivity contribution is 0.0889. The molecule has 5 heteroatoms. The highest BCUT2D eigenvalue weighted by atomic mass is 32.1. The number of aliphatic hydroxyl groups is 1. The van der Waals surface area contributed by atoms with E-state index >= 15 is 0 Å². The molecule has 1 unspecified atom stereocenters. The van der Waals surface area contributed by atoms with Gasteiger partial charge in [0.25, 0.3) is 5.91 Å². The van der Waals surface area contributed by atoms with Gasteiger partial charge in [-0.2, -0.15) is 0 Å². The van der Waals surface area contributed by atoms with E-state index in [0.29, 0.717) is 17.0 Å². The van der Waals surface area contributed by atoms with Gasteiger partial charge in [-0.1, -0.05) is 20.8 Å². The lowest BCUT2D eigenvalue weighted by atomic mass is 9.85. The molecule has 1 heterocycles. The monoisotopic (exact) mass is 306 g/mol. The topological polar surface area (TPSA) is 75.3 Å². The van der Waals surface area contributed by atoms with E-state index in [0.717, 1.165) is 10.1 Å². The Morgan fingerprint density at radius 3 is 2.71 bits per heavy atom. The van der Waals surface area contributed by atoms with Crippen molar-refractivity contribution in [3.8, 4) is 0 Å². The molecule has 0 radical (unpaired) electrons. The van der Waals surface area contributed by atoms with E-state index in [1.165, 1.54) is 11.3 Å². The number of aliphatic hydroxyl groups excluding tert-OH is 1. The highest BCUT2D eigenvalue weighted by Gasteiger charge is 2.26. The molecule has 114 valence electrons. The Balaban J connectivity index is 2.21. The molecule has 0 spiro atoms. The minimum Gasteiger partial charge on any atom is -0.399 e. The van der Waals surface area contributed by atoms with Crippen molar-refractivity contribution < 1.29 is 9.90 Å². The number of hydrogen-bond donors (Lipinski definition) is 3. The van der Waals surface area contributed by atoms with Gasteiger partial charge in [0, 0.05) is 23.0 Å². The second-order valence-electron chi connectivity index (χ2n) is 6.31. The summed E-state index contributed by atoms with van der Waals surface area (Å²) in [6, 6.07) is 7.44. The summed E-state index contributed by atoms with van der Waals surface area (Å²) in [6.07, 6.45) is 0.549. The van der Waals surface area contributed by atoms with Crippen LogP contribution in [0.4, 0.5) is 5.69 Å². The molecule has 1 aromatic carbocycles. The lowest BCUT2D eigenvalue weighted by Crippen LogP contribution is -2.44. The summed E-state index contributed by atoms with van der Waals surface area (Å²) in [5.74, 6) is -0.0943. The summed E-state index contributed by atoms with van der Waals surface area (Å²) in [6.45, 7) is 6.23. The summed E-state index contributed by atoms with van der Waals surface area (Å²) in [5, 5.41) is 13.2. The Morgan fingerprint density at radius 1 is 1.38 bits per heavy atom.